The zero-order chi connectivity index (χ0) is 14.8. The number of aromatic nitrogens is 2. The van der Waals surface area contributed by atoms with Gasteiger partial charge in [0.25, 0.3) is 0 Å². The van der Waals surface area contributed by atoms with Gasteiger partial charge in [-0.1, -0.05) is 6.07 Å². The largest absolute Gasteiger partial charge is 1.00 e. The highest BCUT2D eigenvalue weighted by Gasteiger charge is 2.12. The van der Waals surface area contributed by atoms with Crippen LogP contribution in [-0.4, -0.2) is 28.8 Å². The van der Waals surface area contributed by atoms with Crippen LogP contribution in [-0.2, 0) is 20.6 Å². The second-order valence-electron chi connectivity index (χ2n) is 6.05. The first-order chi connectivity index (χ1) is 10.2. The summed E-state index contributed by atoms with van der Waals surface area (Å²) in [6, 6.07) is 6.27. The Morgan fingerprint density at radius 1 is 1.13 bits per heavy atom. The van der Waals surface area contributed by atoms with E-state index >= 15 is 0 Å². The van der Waals surface area contributed by atoms with Gasteiger partial charge >= 0.3 is 5.69 Å². The van der Waals surface area contributed by atoms with Gasteiger partial charge in [-0.25, -0.2) is 4.79 Å². The molecule has 0 radical (unpaired) electrons. The minimum atomic E-state index is 0. The average molecular weight is 359 g/mol. The number of nitrogens with one attached hydrogen (secondary N) is 2. The highest BCUT2D eigenvalue weighted by atomic mass is 35.5. The predicted molar refractivity (Wildman–Crippen MR) is 85.5 cm³/mol. The Morgan fingerprint density at radius 2 is 1.78 bits per heavy atom. The van der Waals surface area contributed by atoms with Gasteiger partial charge in [0.1, 0.15) is 0 Å². The molecule has 0 amide bonds. The second-order valence-corrected chi connectivity index (χ2v) is 6.05. The first-order valence-corrected chi connectivity index (χ1v) is 7.72. The number of fused-ring (bicyclic) bond motifs is 1. The molecule has 0 atom stereocenters. The van der Waals surface area contributed by atoms with Crippen LogP contribution in [0, 0.1) is 5.92 Å². The molecule has 0 bridgehead atoms. The van der Waals surface area contributed by atoms with Gasteiger partial charge in [0, 0.05) is 20.6 Å². The Bertz CT molecular complexity index is 689. The molecule has 0 saturated carbocycles. The summed E-state index contributed by atoms with van der Waals surface area (Å²) in [5, 5.41) is 6.95. The van der Waals surface area contributed by atoms with Crippen molar-refractivity contribution in [3.05, 3.63) is 34.2 Å². The number of imidazole rings is 1. The van der Waals surface area contributed by atoms with Crippen LogP contribution in [0.3, 0.4) is 0 Å². The number of hydrogen-bond acceptors (Lipinski definition) is 3. The normalized spacial score (nSPS) is 15.2. The van der Waals surface area contributed by atoms with Crippen molar-refractivity contribution in [2.45, 2.75) is 19.4 Å². The van der Waals surface area contributed by atoms with E-state index in [9.17, 15) is 4.79 Å². The number of piperidine rings is 1. The topological polar surface area (TPSA) is 51.0 Å². The van der Waals surface area contributed by atoms with Crippen molar-refractivity contribution >= 4 is 11.0 Å². The van der Waals surface area contributed by atoms with Crippen LogP contribution < -0.4 is 41.1 Å². The van der Waals surface area contributed by atoms with Crippen LogP contribution in [0.1, 0.15) is 18.4 Å². The lowest BCUT2D eigenvalue weighted by atomic mass is 9.98. The first kappa shape index (κ1) is 20.0. The Hall–Kier alpha value is -1.01. The lowest BCUT2D eigenvalue weighted by molar-refractivity contribution is -0.001000. The third kappa shape index (κ3) is 4.29. The van der Waals surface area contributed by atoms with E-state index in [-0.39, 0.29) is 30.5 Å². The van der Waals surface area contributed by atoms with Crippen LogP contribution in [0.2, 0.25) is 0 Å². The molecule has 1 fully saturated rings. The molecular formula is C16H24Cl2N4O-2. The molecule has 1 aliphatic heterocycles. The van der Waals surface area contributed by atoms with Crippen LogP contribution in [0.15, 0.2) is 23.0 Å². The van der Waals surface area contributed by atoms with E-state index in [1.807, 2.05) is 20.2 Å². The molecule has 1 saturated heterocycles. The van der Waals surface area contributed by atoms with E-state index in [4.69, 9.17) is 0 Å². The first-order valence-electron chi connectivity index (χ1n) is 7.72. The number of aryl methyl sites for hydroxylation is 2. The molecule has 2 N–H and O–H groups in total. The quantitative estimate of drug-likeness (QED) is 0.575. The van der Waals surface area contributed by atoms with E-state index in [1.165, 1.54) is 18.4 Å². The van der Waals surface area contributed by atoms with Gasteiger partial charge in [-0.2, -0.15) is 0 Å². The molecule has 130 valence electrons. The third-order valence-corrected chi connectivity index (χ3v) is 4.56. The Labute approximate surface area is 149 Å². The van der Waals surface area contributed by atoms with Gasteiger partial charge in [-0.15, -0.1) is 0 Å². The summed E-state index contributed by atoms with van der Waals surface area (Å²) in [7, 11) is 3.65. The van der Waals surface area contributed by atoms with E-state index < -0.39 is 0 Å². The summed E-state index contributed by atoms with van der Waals surface area (Å²) in [6.45, 7) is 4.23. The number of rotatable bonds is 4. The van der Waals surface area contributed by atoms with Gasteiger partial charge in [-0.3, -0.25) is 9.13 Å². The van der Waals surface area contributed by atoms with Crippen molar-refractivity contribution < 1.29 is 24.8 Å². The molecular weight excluding hydrogens is 335 g/mol. The van der Waals surface area contributed by atoms with Crippen molar-refractivity contribution in [3.63, 3.8) is 0 Å². The van der Waals surface area contributed by atoms with Gasteiger partial charge < -0.3 is 35.4 Å². The maximum absolute atomic E-state index is 11.9. The Morgan fingerprint density at radius 3 is 2.48 bits per heavy atom. The molecule has 0 unspecified atom stereocenters. The summed E-state index contributed by atoms with van der Waals surface area (Å²) in [4.78, 5) is 11.9. The van der Waals surface area contributed by atoms with E-state index in [1.54, 1.807) is 9.13 Å². The molecule has 7 heteroatoms. The third-order valence-electron chi connectivity index (χ3n) is 4.56. The smallest absolute Gasteiger partial charge is 0.328 e. The molecule has 3 rings (SSSR count). The molecule has 2 aromatic rings. The Kier molecular flexibility index (Phi) is 7.61. The number of hydrogen-bond donors (Lipinski definition) is 2. The second kappa shape index (κ2) is 8.73. The van der Waals surface area contributed by atoms with Crippen molar-refractivity contribution in [2.75, 3.05) is 19.6 Å². The lowest BCUT2D eigenvalue weighted by Crippen LogP contribution is -3.00. The minimum Gasteiger partial charge on any atom is -1.00 e. The van der Waals surface area contributed by atoms with Crippen LogP contribution in [0.25, 0.3) is 11.0 Å². The Balaban J connectivity index is 0.00000132. The van der Waals surface area contributed by atoms with E-state index in [0.717, 1.165) is 43.1 Å². The molecule has 0 spiro atoms. The number of nitrogens with zero attached hydrogens (tertiary/aromatic N) is 2. The zero-order valence-electron chi connectivity index (χ0n) is 13.6. The standard InChI is InChI=1S/C16H24N4O.2ClH/c1-19-14-4-3-13(9-15(14)20(2)16(19)21)11-18-10-12-5-7-17-8-6-12;;/h3-4,9,12,17-18H,5-8,10-11H2,1-2H3;2*1H/p-2. The fourth-order valence-electron chi connectivity index (χ4n) is 3.17. The van der Waals surface area contributed by atoms with Gasteiger partial charge in [0.05, 0.1) is 11.0 Å². The minimum absolute atomic E-state index is 0. The summed E-state index contributed by atoms with van der Waals surface area (Å²) >= 11 is 0. The SMILES string of the molecule is Cn1c(=O)n(C)c2cc(CNCC3CCNCC3)ccc21.[Cl-].[Cl-]. The summed E-state index contributed by atoms with van der Waals surface area (Å²) in [5.41, 5.74) is 3.26. The molecule has 5 nitrogen and oxygen atoms in total. The lowest BCUT2D eigenvalue weighted by Gasteiger charge is -2.22. The zero-order valence-corrected chi connectivity index (χ0v) is 15.1. The number of benzene rings is 1. The van der Waals surface area contributed by atoms with E-state index in [2.05, 4.69) is 22.8 Å². The fraction of sp³-hybridized carbons (Fsp3) is 0.562. The number of halogens is 2. The monoisotopic (exact) mass is 358 g/mol. The van der Waals surface area contributed by atoms with Gasteiger partial charge in [0.15, 0.2) is 0 Å². The maximum Gasteiger partial charge on any atom is 0.328 e. The van der Waals surface area contributed by atoms with Crippen LogP contribution in [0.5, 0.6) is 0 Å². The predicted octanol–water partition coefficient (Wildman–Crippen LogP) is -5.03. The highest BCUT2D eigenvalue weighted by Crippen LogP contribution is 2.14. The van der Waals surface area contributed by atoms with Crippen LogP contribution >= 0.6 is 0 Å². The molecule has 1 aromatic carbocycles. The molecule has 23 heavy (non-hydrogen) atoms. The fourth-order valence-corrected chi connectivity index (χ4v) is 3.17. The van der Waals surface area contributed by atoms with Crippen molar-refractivity contribution in [1.82, 2.24) is 19.8 Å². The molecule has 0 aliphatic carbocycles. The summed E-state index contributed by atoms with van der Waals surface area (Å²) in [6.07, 6.45) is 2.53. The molecule has 2 heterocycles. The molecule has 1 aromatic heterocycles. The van der Waals surface area contributed by atoms with E-state index in [0.29, 0.717) is 0 Å². The average Bonchev–Trinajstić information content (AvgIpc) is 2.73. The highest BCUT2D eigenvalue weighted by molar-refractivity contribution is 5.76. The van der Waals surface area contributed by atoms with Gasteiger partial charge in [0.2, 0.25) is 0 Å². The molecule has 1 aliphatic rings. The van der Waals surface area contributed by atoms with Gasteiger partial charge in [-0.05, 0) is 56.1 Å². The van der Waals surface area contributed by atoms with Crippen molar-refractivity contribution in [2.24, 2.45) is 20.0 Å². The summed E-state index contributed by atoms with van der Waals surface area (Å²) < 4.78 is 3.41. The van der Waals surface area contributed by atoms with Crippen molar-refractivity contribution in [1.29, 1.82) is 0 Å². The summed E-state index contributed by atoms with van der Waals surface area (Å²) in [5.74, 6) is 0.788. The van der Waals surface area contributed by atoms with Crippen LogP contribution in [0.4, 0.5) is 0 Å². The van der Waals surface area contributed by atoms with Crippen molar-refractivity contribution in [3.8, 4) is 0 Å². The maximum atomic E-state index is 11.9.